The second-order valence-electron chi connectivity index (χ2n) is 11.2. The highest BCUT2D eigenvalue weighted by Gasteiger charge is 2.29. The highest BCUT2D eigenvalue weighted by atomic mass is 16.5. The molecule has 0 saturated carbocycles. The van der Waals surface area contributed by atoms with Gasteiger partial charge in [0.2, 0.25) is 5.56 Å². The SMILES string of the molecule is CCc1cc2c(cc1CC)CC(NCC(O)c1ccc(OCc3ccccc3)c3[nH]c(=O)ccc13)C2.O=C(O)C(O)C(O)C(=O)O. The van der Waals surface area contributed by atoms with Crippen LogP contribution < -0.4 is 15.6 Å². The van der Waals surface area contributed by atoms with Gasteiger partial charge >= 0.3 is 11.9 Å². The Balaban J connectivity index is 0.000000416. The van der Waals surface area contributed by atoms with E-state index < -0.39 is 30.3 Å². The van der Waals surface area contributed by atoms with Gasteiger partial charge < -0.3 is 40.6 Å². The number of aliphatic hydroxyl groups is 3. The molecule has 0 saturated heterocycles. The number of pyridine rings is 1. The van der Waals surface area contributed by atoms with Gasteiger partial charge in [0, 0.05) is 24.0 Å². The molecule has 11 nitrogen and oxygen atoms in total. The van der Waals surface area contributed by atoms with Gasteiger partial charge in [-0.2, -0.15) is 0 Å². The van der Waals surface area contributed by atoms with E-state index in [-0.39, 0.29) is 5.56 Å². The number of nitrogens with one attached hydrogen (secondary N) is 2. The lowest BCUT2D eigenvalue weighted by Crippen LogP contribution is -2.39. The maximum Gasteiger partial charge on any atom is 0.335 e. The van der Waals surface area contributed by atoms with Crippen LogP contribution >= 0.6 is 0 Å². The molecule has 3 unspecified atom stereocenters. The molecule has 0 spiro atoms. The first-order valence-electron chi connectivity index (χ1n) is 15.2. The van der Waals surface area contributed by atoms with E-state index in [2.05, 4.69) is 36.3 Å². The van der Waals surface area contributed by atoms with Crippen molar-refractivity contribution in [2.45, 2.75) is 70.5 Å². The van der Waals surface area contributed by atoms with Crippen molar-refractivity contribution in [2.75, 3.05) is 6.54 Å². The smallest absolute Gasteiger partial charge is 0.335 e. The van der Waals surface area contributed by atoms with Gasteiger partial charge in [-0.1, -0.05) is 62.4 Å². The standard InChI is InChI=1S/C31H34N2O3.C4H6O6/c1-3-21-14-23-16-25(17-24(23)15-22(21)4-2)32-18-28(34)26-10-12-29(31-27(26)11-13-30(35)33-31)36-19-20-8-6-5-7-9-20;5-1(3(7)8)2(6)4(9)10/h5-15,25,28,32,34H,3-4,16-19H2,1-2H3,(H,33,35);1-2,5-6H,(H,7,8)(H,9,10). The highest BCUT2D eigenvalue weighted by Crippen LogP contribution is 2.31. The zero-order valence-corrected chi connectivity index (χ0v) is 25.8. The Morgan fingerprint density at radius 2 is 1.46 bits per heavy atom. The largest absolute Gasteiger partial charge is 0.487 e. The molecule has 7 N–H and O–H groups in total. The van der Waals surface area contributed by atoms with E-state index >= 15 is 0 Å². The number of ether oxygens (including phenoxy) is 1. The predicted molar refractivity (Wildman–Crippen MR) is 172 cm³/mol. The minimum absolute atomic E-state index is 0.196. The lowest BCUT2D eigenvalue weighted by atomic mass is 9.97. The van der Waals surface area contributed by atoms with Crippen molar-refractivity contribution >= 4 is 22.8 Å². The second-order valence-corrected chi connectivity index (χ2v) is 11.2. The van der Waals surface area contributed by atoms with Crippen LogP contribution in [0.4, 0.5) is 0 Å². The van der Waals surface area contributed by atoms with Crippen LogP contribution in [0.5, 0.6) is 5.75 Å². The number of carbonyl (C=O) groups is 2. The third-order valence-electron chi connectivity index (χ3n) is 8.11. The number of fused-ring (bicyclic) bond motifs is 2. The Hall–Kier alpha value is -4.55. The lowest BCUT2D eigenvalue weighted by Gasteiger charge is -2.19. The zero-order valence-electron chi connectivity index (χ0n) is 25.8. The zero-order chi connectivity index (χ0) is 33.4. The molecule has 1 aliphatic carbocycles. The summed E-state index contributed by atoms with van der Waals surface area (Å²) in [4.78, 5) is 34.6. The molecule has 0 bridgehead atoms. The number of carboxylic acids is 2. The van der Waals surface area contributed by atoms with E-state index in [1.807, 2.05) is 42.5 Å². The van der Waals surface area contributed by atoms with Crippen LogP contribution in [0.15, 0.2) is 71.5 Å². The molecule has 4 aromatic rings. The van der Waals surface area contributed by atoms with Gasteiger partial charge in [0.25, 0.3) is 0 Å². The molecule has 5 rings (SSSR count). The van der Waals surface area contributed by atoms with E-state index in [9.17, 15) is 19.5 Å². The molecule has 0 amide bonds. The van der Waals surface area contributed by atoms with Crippen LogP contribution in [-0.2, 0) is 41.9 Å². The predicted octanol–water partition coefficient (Wildman–Crippen LogP) is 2.90. The number of rotatable bonds is 12. The second kappa shape index (κ2) is 15.6. The van der Waals surface area contributed by atoms with E-state index in [0.717, 1.165) is 42.2 Å². The van der Waals surface area contributed by atoms with Crippen LogP contribution in [0.3, 0.4) is 0 Å². The number of aromatic amines is 1. The van der Waals surface area contributed by atoms with Crippen LogP contribution in [-0.4, -0.2) is 67.2 Å². The summed E-state index contributed by atoms with van der Waals surface area (Å²) < 4.78 is 6.04. The van der Waals surface area contributed by atoms with Crippen LogP contribution in [0.2, 0.25) is 0 Å². The molecule has 46 heavy (non-hydrogen) atoms. The van der Waals surface area contributed by atoms with Gasteiger partial charge in [-0.05, 0) is 71.2 Å². The minimum Gasteiger partial charge on any atom is -0.487 e. The van der Waals surface area contributed by atoms with Crippen molar-refractivity contribution in [3.8, 4) is 5.75 Å². The van der Waals surface area contributed by atoms with Gasteiger partial charge in [0.15, 0.2) is 12.2 Å². The maximum atomic E-state index is 12.1. The number of H-pyrrole nitrogens is 1. The molecule has 0 aliphatic heterocycles. The Bertz CT molecular complexity index is 1670. The summed E-state index contributed by atoms with van der Waals surface area (Å²) in [5.74, 6) is -2.94. The number of aromatic nitrogens is 1. The van der Waals surface area contributed by atoms with Crippen molar-refractivity contribution in [3.63, 3.8) is 0 Å². The van der Waals surface area contributed by atoms with Gasteiger partial charge in [-0.25, -0.2) is 9.59 Å². The number of aliphatic carboxylic acids is 2. The summed E-state index contributed by atoms with van der Waals surface area (Å²) in [5.41, 5.74) is 8.00. The summed E-state index contributed by atoms with van der Waals surface area (Å²) in [5, 5.41) is 48.0. The third kappa shape index (κ3) is 8.38. The number of aryl methyl sites for hydroxylation is 2. The Morgan fingerprint density at radius 1 is 0.870 bits per heavy atom. The van der Waals surface area contributed by atoms with Crippen molar-refractivity contribution in [1.82, 2.24) is 10.3 Å². The van der Waals surface area contributed by atoms with Crippen LogP contribution in [0, 0.1) is 0 Å². The Labute approximate surface area is 266 Å². The van der Waals surface area contributed by atoms with Gasteiger partial charge in [0.05, 0.1) is 11.6 Å². The summed E-state index contributed by atoms with van der Waals surface area (Å²) >= 11 is 0. The van der Waals surface area contributed by atoms with Crippen molar-refractivity contribution in [2.24, 2.45) is 0 Å². The Morgan fingerprint density at radius 3 is 2.00 bits per heavy atom. The van der Waals surface area contributed by atoms with Crippen molar-refractivity contribution in [3.05, 3.63) is 110 Å². The molecule has 3 atom stereocenters. The molecule has 0 radical (unpaired) electrons. The fourth-order valence-corrected chi connectivity index (χ4v) is 5.63. The molecule has 1 aromatic heterocycles. The van der Waals surface area contributed by atoms with Gasteiger partial charge in [0.1, 0.15) is 12.4 Å². The quantitative estimate of drug-likeness (QED) is 0.122. The molecule has 244 valence electrons. The first-order chi connectivity index (χ1) is 22.0. The molecule has 1 aliphatic rings. The molecular weight excluding hydrogens is 592 g/mol. The topological polar surface area (TPSA) is 189 Å². The summed E-state index contributed by atoms with van der Waals surface area (Å²) in [6.07, 6.45) is -1.14. The van der Waals surface area contributed by atoms with Crippen molar-refractivity contribution < 1.29 is 39.9 Å². The van der Waals surface area contributed by atoms with Gasteiger partial charge in [-0.3, -0.25) is 4.79 Å². The number of hydrogen-bond acceptors (Lipinski definition) is 8. The molecule has 11 heteroatoms. The number of carboxylic acid groups (broad SMARTS) is 2. The normalized spacial score (nSPS) is 14.5. The first-order valence-corrected chi connectivity index (χ1v) is 15.2. The first kappa shape index (κ1) is 34.3. The van der Waals surface area contributed by atoms with Crippen LogP contribution in [0.25, 0.3) is 10.9 Å². The Kier molecular flexibility index (Phi) is 11.7. The summed E-state index contributed by atoms with van der Waals surface area (Å²) in [6, 6.07) is 22.0. The summed E-state index contributed by atoms with van der Waals surface area (Å²) in [6.45, 7) is 5.28. The van der Waals surface area contributed by atoms with E-state index in [1.54, 1.807) is 6.07 Å². The number of aliphatic hydroxyl groups excluding tert-OH is 3. The fraction of sp³-hybridized carbons (Fsp3) is 0.343. The maximum absolute atomic E-state index is 12.1. The average molecular weight is 633 g/mol. The van der Waals surface area contributed by atoms with Crippen molar-refractivity contribution in [1.29, 1.82) is 0 Å². The summed E-state index contributed by atoms with van der Waals surface area (Å²) in [7, 11) is 0. The van der Waals surface area contributed by atoms with E-state index in [1.165, 1.54) is 28.3 Å². The fourth-order valence-electron chi connectivity index (χ4n) is 5.63. The van der Waals surface area contributed by atoms with Crippen LogP contribution in [0.1, 0.15) is 53.3 Å². The average Bonchev–Trinajstić information content (AvgIpc) is 3.47. The minimum atomic E-state index is -2.27. The van der Waals surface area contributed by atoms with E-state index in [4.69, 9.17) is 25.2 Å². The lowest BCUT2D eigenvalue weighted by molar-refractivity contribution is -0.165. The van der Waals surface area contributed by atoms with E-state index in [0.29, 0.717) is 30.5 Å². The molecular formula is C35H40N2O9. The molecule has 0 fully saturated rings. The van der Waals surface area contributed by atoms with Gasteiger partial charge in [-0.15, -0.1) is 0 Å². The number of benzene rings is 3. The highest BCUT2D eigenvalue weighted by molar-refractivity contribution is 5.87. The third-order valence-corrected chi connectivity index (χ3v) is 8.11. The number of hydrogen-bond donors (Lipinski definition) is 7. The monoisotopic (exact) mass is 632 g/mol. The molecule has 1 heterocycles. The molecule has 3 aromatic carbocycles.